The van der Waals surface area contributed by atoms with E-state index in [1.165, 1.54) is 6.20 Å². The van der Waals surface area contributed by atoms with Gasteiger partial charge in [0, 0.05) is 41.7 Å². The standard InChI is InChI=1S/C22H26FN5O2/c1-14-10-20(25-16-4-2-8-28(13-16)9-3-5-21(29)30)26-27-22(14)15-6-7-17-18(23)12-24-19(17)11-15/h6-7,10-12,16,24H,2-5,8-9,13H2,1H3,(H,25,26)(H,29,30)/t16-/m1/s1. The van der Waals surface area contributed by atoms with Crippen molar-refractivity contribution in [2.24, 2.45) is 0 Å². The molecule has 1 aromatic carbocycles. The molecular formula is C22H26FN5O2. The maximum atomic E-state index is 13.7. The van der Waals surface area contributed by atoms with E-state index in [2.05, 4.69) is 25.4 Å². The number of aromatic nitrogens is 3. The summed E-state index contributed by atoms with van der Waals surface area (Å²) < 4.78 is 13.7. The second kappa shape index (κ2) is 8.79. The number of halogens is 1. The molecule has 8 heteroatoms. The van der Waals surface area contributed by atoms with Crippen molar-refractivity contribution in [1.29, 1.82) is 0 Å². The van der Waals surface area contributed by atoms with Crippen LogP contribution in [0.5, 0.6) is 0 Å². The summed E-state index contributed by atoms with van der Waals surface area (Å²) in [5, 5.41) is 21.6. The summed E-state index contributed by atoms with van der Waals surface area (Å²) in [5.74, 6) is -0.267. The molecule has 0 radical (unpaired) electrons. The van der Waals surface area contributed by atoms with E-state index in [1.807, 2.05) is 25.1 Å². The largest absolute Gasteiger partial charge is 0.481 e. The van der Waals surface area contributed by atoms with E-state index in [9.17, 15) is 9.18 Å². The number of nitrogens with one attached hydrogen (secondary N) is 2. The molecule has 1 saturated heterocycles. The van der Waals surface area contributed by atoms with E-state index < -0.39 is 5.97 Å². The van der Waals surface area contributed by atoms with Crippen molar-refractivity contribution in [1.82, 2.24) is 20.1 Å². The van der Waals surface area contributed by atoms with E-state index in [0.29, 0.717) is 11.8 Å². The van der Waals surface area contributed by atoms with Gasteiger partial charge in [-0.25, -0.2) is 4.39 Å². The molecular weight excluding hydrogens is 385 g/mol. The molecule has 1 aliphatic rings. The number of hydrogen-bond donors (Lipinski definition) is 3. The van der Waals surface area contributed by atoms with Gasteiger partial charge in [0.15, 0.2) is 0 Å². The third-order valence-electron chi connectivity index (χ3n) is 5.61. The molecule has 3 N–H and O–H groups in total. The van der Waals surface area contributed by atoms with Gasteiger partial charge in [-0.1, -0.05) is 6.07 Å². The number of H-pyrrole nitrogens is 1. The Morgan fingerprint density at radius 3 is 3.03 bits per heavy atom. The second-order valence-electron chi connectivity index (χ2n) is 7.94. The Morgan fingerprint density at radius 2 is 2.23 bits per heavy atom. The number of anilines is 1. The number of nitrogens with zero attached hydrogens (tertiary/aromatic N) is 3. The highest BCUT2D eigenvalue weighted by molar-refractivity contribution is 5.85. The van der Waals surface area contributed by atoms with Crippen molar-refractivity contribution in [3.63, 3.8) is 0 Å². The molecule has 2 aromatic heterocycles. The number of carboxylic acid groups (broad SMARTS) is 1. The molecule has 3 heterocycles. The first-order valence-electron chi connectivity index (χ1n) is 10.3. The number of aliphatic carboxylic acids is 1. The lowest BCUT2D eigenvalue weighted by molar-refractivity contribution is -0.137. The number of benzene rings is 1. The predicted octanol–water partition coefficient (Wildman–Crippen LogP) is 3.81. The molecule has 0 unspecified atom stereocenters. The molecule has 3 aromatic rings. The van der Waals surface area contributed by atoms with Crippen LogP contribution < -0.4 is 5.32 Å². The average Bonchev–Trinajstić information content (AvgIpc) is 3.08. The molecule has 1 fully saturated rings. The third kappa shape index (κ3) is 4.59. The summed E-state index contributed by atoms with van der Waals surface area (Å²) in [5.41, 5.74) is 3.39. The highest BCUT2D eigenvalue weighted by atomic mass is 19.1. The van der Waals surface area contributed by atoms with Crippen LogP contribution in [0.2, 0.25) is 0 Å². The van der Waals surface area contributed by atoms with Crippen molar-refractivity contribution < 1.29 is 14.3 Å². The molecule has 0 aliphatic carbocycles. The molecule has 4 rings (SSSR count). The smallest absolute Gasteiger partial charge is 0.303 e. The van der Waals surface area contributed by atoms with Gasteiger partial charge in [-0.2, -0.15) is 0 Å². The SMILES string of the molecule is Cc1cc(N[C@@H]2CCCN(CCCC(=O)O)C2)nnc1-c1ccc2c(F)c[nH]c2c1. The van der Waals surface area contributed by atoms with Crippen LogP contribution in [0.1, 0.15) is 31.2 Å². The van der Waals surface area contributed by atoms with Crippen LogP contribution in [0, 0.1) is 12.7 Å². The van der Waals surface area contributed by atoms with Gasteiger partial charge in [0.2, 0.25) is 0 Å². The number of aromatic amines is 1. The van der Waals surface area contributed by atoms with Crippen molar-refractivity contribution >= 4 is 22.7 Å². The minimum Gasteiger partial charge on any atom is -0.481 e. The summed E-state index contributed by atoms with van der Waals surface area (Å²) in [6.07, 6.45) is 4.36. The molecule has 7 nitrogen and oxygen atoms in total. The van der Waals surface area contributed by atoms with Gasteiger partial charge in [-0.3, -0.25) is 4.79 Å². The van der Waals surface area contributed by atoms with Gasteiger partial charge in [0.1, 0.15) is 11.6 Å². The number of carboxylic acids is 1. The number of aryl methyl sites for hydroxylation is 1. The van der Waals surface area contributed by atoms with Gasteiger partial charge in [-0.15, -0.1) is 10.2 Å². The lowest BCUT2D eigenvalue weighted by Crippen LogP contribution is -2.42. The summed E-state index contributed by atoms with van der Waals surface area (Å²) in [6.45, 7) is 4.67. The Balaban J connectivity index is 1.42. The highest BCUT2D eigenvalue weighted by Gasteiger charge is 2.20. The van der Waals surface area contributed by atoms with Crippen molar-refractivity contribution in [3.8, 4) is 11.3 Å². The monoisotopic (exact) mass is 411 g/mol. The maximum absolute atomic E-state index is 13.7. The Hall–Kier alpha value is -3.00. The fraction of sp³-hybridized carbons (Fsp3) is 0.409. The number of rotatable bonds is 7. The molecule has 0 spiro atoms. The summed E-state index contributed by atoms with van der Waals surface area (Å²) in [4.78, 5) is 16.0. The maximum Gasteiger partial charge on any atom is 0.303 e. The van der Waals surface area contributed by atoms with E-state index in [0.717, 1.165) is 60.6 Å². The first kappa shape index (κ1) is 20.3. The minimum absolute atomic E-state index is 0.210. The zero-order chi connectivity index (χ0) is 21.1. The molecule has 0 saturated carbocycles. The molecule has 1 atom stereocenters. The van der Waals surface area contributed by atoms with Crippen LogP contribution in [-0.2, 0) is 4.79 Å². The molecule has 158 valence electrons. The first-order valence-corrected chi connectivity index (χ1v) is 10.3. The third-order valence-corrected chi connectivity index (χ3v) is 5.61. The number of piperidine rings is 1. The molecule has 0 amide bonds. The van der Waals surface area contributed by atoms with Crippen molar-refractivity contribution in [2.45, 2.75) is 38.6 Å². The van der Waals surface area contributed by atoms with Gasteiger partial charge in [-0.05, 0) is 63.0 Å². The van der Waals surface area contributed by atoms with Crippen LogP contribution in [0.3, 0.4) is 0 Å². The van der Waals surface area contributed by atoms with Gasteiger partial charge in [0.25, 0.3) is 0 Å². The Morgan fingerprint density at radius 1 is 1.37 bits per heavy atom. The second-order valence-corrected chi connectivity index (χ2v) is 7.94. The highest BCUT2D eigenvalue weighted by Crippen LogP contribution is 2.27. The number of carbonyl (C=O) groups is 1. The molecule has 1 aliphatic heterocycles. The van der Waals surface area contributed by atoms with Crippen LogP contribution in [-0.4, -0.2) is 56.8 Å². The van der Waals surface area contributed by atoms with Gasteiger partial charge >= 0.3 is 5.97 Å². The van der Waals surface area contributed by atoms with Crippen molar-refractivity contribution in [2.75, 3.05) is 25.0 Å². The van der Waals surface area contributed by atoms with Crippen LogP contribution in [0.25, 0.3) is 22.2 Å². The van der Waals surface area contributed by atoms with Gasteiger partial charge < -0.3 is 20.3 Å². The van der Waals surface area contributed by atoms with Crippen LogP contribution in [0.4, 0.5) is 10.2 Å². The zero-order valence-corrected chi connectivity index (χ0v) is 17.0. The van der Waals surface area contributed by atoms with E-state index in [1.54, 1.807) is 6.07 Å². The Labute approximate surface area is 174 Å². The number of likely N-dealkylation sites (tertiary alicyclic amines) is 1. The zero-order valence-electron chi connectivity index (χ0n) is 17.0. The topological polar surface area (TPSA) is 94.1 Å². The summed E-state index contributed by atoms with van der Waals surface area (Å²) in [6, 6.07) is 7.76. The van der Waals surface area contributed by atoms with Gasteiger partial charge in [0.05, 0.1) is 5.69 Å². The lowest BCUT2D eigenvalue weighted by atomic mass is 10.0. The molecule has 0 bridgehead atoms. The Bertz CT molecular complexity index is 1050. The summed E-state index contributed by atoms with van der Waals surface area (Å²) >= 11 is 0. The number of fused-ring (bicyclic) bond motifs is 1. The van der Waals surface area contributed by atoms with Crippen LogP contribution in [0.15, 0.2) is 30.5 Å². The fourth-order valence-corrected chi connectivity index (χ4v) is 4.12. The normalized spacial score (nSPS) is 17.3. The quantitative estimate of drug-likeness (QED) is 0.547. The minimum atomic E-state index is -0.743. The van der Waals surface area contributed by atoms with Crippen LogP contribution >= 0.6 is 0 Å². The van der Waals surface area contributed by atoms with E-state index in [4.69, 9.17) is 5.11 Å². The fourth-order valence-electron chi connectivity index (χ4n) is 4.12. The van der Waals surface area contributed by atoms with E-state index in [-0.39, 0.29) is 18.3 Å². The first-order chi connectivity index (χ1) is 14.5. The van der Waals surface area contributed by atoms with Crippen molar-refractivity contribution in [3.05, 3.63) is 41.8 Å². The Kier molecular flexibility index (Phi) is 5.94. The average molecular weight is 411 g/mol. The number of hydrogen-bond acceptors (Lipinski definition) is 5. The summed E-state index contributed by atoms with van der Waals surface area (Å²) in [7, 11) is 0. The predicted molar refractivity (Wildman–Crippen MR) is 114 cm³/mol. The lowest BCUT2D eigenvalue weighted by Gasteiger charge is -2.33. The van der Waals surface area contributed by atoms with E-state index >= 15 is 0 Å². The molecule has 30 heavy (non-hydrogen) atoms.